The number of methoxy groups -OCH3 is 1. The van der Waals surface area contributed by atoms with Crippen molar-refractivity contribution in [3.8, 4) is 0 Å². The average Bonchev–Trinajstić information content (AvgIpc) is 3.08. The molecule has 0 radical (unpaired) electrons. The number of alkyl halides is 1. The number of benzene rings is 1. The highest BCUT2D eigenvalue weighted by Gasteiger charge is 2.52. The van der Waals surface area contributed by atoms with Gasteiger partial charge in [0.1, 0.15) is 12.3 Å². The molecule has 2 aliphatic heterocycles. The van der Waals surface area contributed by atoms with E-state index in [0.717, 1.165) is 0 Å². The lowest BCUT2D eigenvalue weighted by molar-refractivity contribution is -0.136. The Kier molecular flexibility index (Phi) is 6.83. The number of ketones is 1. The lowest BCUT2D eigenvalue weighted by Crippen LogP contribution is -2.42. The van der Waals surface area contributed by atoms with Gasteiger partial charge in [0.05, 0.1) is 36.3 Å². The minimum Gasteiger partial charge on any atom is -0.483 e. The number of carbonyl (C=O) groups is 3. The van der Waals surface area contributed by atoms with Crippen LogP contribution in [0.2, 0.25) is 0 Å². The van der Waals surface area contributed by atoms with E-state index >= 15 is 0 Å². The van der Waals surface area contributed by atoms with Gasteiger partial charge in [-0.15, -0.1) is 0 Å². The standard InChI is InChI=1S/C25H30FNO6/c1-14(2)32-12-4-11-27-21(15-5-7-16(8-6-15)25(30)31-3)20-22(28)18-13-17(26)9-10-19(18)33-23(20)24(27)29/h5-8,14,17-19,21H,4,9-13H2,1-3H3. The number of nitrogens with zero attached hydrogens (tertiary/aromatic N) is 1. The zero-order valence-corrected chi connectivity index (χ0v) is 19.2. The van der Waals surface area contributed by atoms with Crippen molar-refractivity contribution in [3.05, 3.63) is 46.7 Å². The number of esters is 1. The number of hydrogen-bond donors (Lipinski definition) is 0. The van der Waals surface area contributed by atoms with Crippen LogP contribution in [0.1, 0.15) is 61.5 Å². The van der Waals surface area contributed by atoms with E-state index in [1.807, 2.05) is 13.8 Å². The van der Waals surface area contributed by atoms with E-state index in [-0.39, 0.29) is 30.0 Å². The molecule has 1 saturated carbocycles. The van der Waals surface area contributed by atoms with Crippen LogP contribution in [0.15, 0.2) is 35.6 Å². The summed E-state index contributed by atoms with van der Waals surface area (Å²) in [4.78, 5) is 40.3. The number of Topliss-reactive ketones (excluding diaryl/α,β-unsaturated/α-hetero) is 1. The molecular formula is C25H30FNO6. The van der Waals surface area contributed by atoms with E-state index in [9.17, 15) is 18.8 Å². The third kappa shape index (κ3) is 4.53. The van der Waals surface area contributed by atoms with Crippen molar-refractivity contribution in [1.29, 1.82) is 0 Å². The normalized spacial score (nSPS) is 26.9. The number of carbonyl (C=O) groups excluding carboxylic acids is 3. The molecule has 0 saturated heterocycles. The van der Waals surface area contributed by atoms with E-state index in [1.54, 1.807) is 29.2 Å². The second-order valence-electron chi connectivity index (χ2n) is 9.07. The van der Waals surface area contributed by atoms with Crippen molar-refractivity contribution in [3.63, 3.8) is 0 Å². The molecule has 4 unspecified atom stereocenters. The molecule has 0 bridgehead atoms. The molecule has 1 fully saturated rings. The zero-order valence-electron chi connectivity index (χ0n) is 19.2. The van der Waals surface area contributed by atoms with Gasteiger partial charge in [-0.05, 0) is 57.2 Å². The first-order valence-corrected chi connectivity index (χ1v) is 11.5. The maximum absolute atomic E-state index is 14.1. The third-order valence-electron chi connectivity index (χ3n) is 6.52. The van der Waals surface area contributed by atoms with Crippen LogP contribution in [0.4, 0.5) is 4.39 Å². The summed E-state index contributed by atoms with van der Waals surface area (Å²) < 4.78 is 30.5. The monoisotopic (exact) mass is 459 g/mol. The summed E-state index contributed by atoms with van der Waals surface area (Å²) >= 11 is 0. The Bertz CT molecular complexity index is 956. The van der Waals surface area contributed by atoms with Gasteiger partial charge in [-0.2, -0.15) is 0 Å². The highest BCUT2D eigenvalue weighted by atomic mass is 19.1. The molecule has 1 aliphatic carbocycles. The van der Waals surface area contributed by atoms with Crippen molar-refractivity contribution in [2.24, 2.45) is 5.92 Å². The Hall–Kier alpha value is -2.74. The van der Waals surface area contributed by atoms with E-state index in [4.69, 9.17) is 14.2 Å². The maximum atomic E-state index is 14.1. The minimum atomic E-state index is -1.04. The molecule has 7 nitrogen and oxygen atoms in total. The SMILES string of the molecule is COC(=O)c1ccc(C2C3=C(OC4CCC(F)CC4C3=O)C(=O)N2CCCOC(C)C)cc1. The van der Waals surface area contributed by atoms with Crippen molar-refractivity contribution in [2.45, 2.75) is 64.0 Å². The molecule has 2 heterocycles. The number of hydrogen-bond acceptors (Lipinski definition) is 6. The number of ether oxygens (including phenoxy) is 3. The van der Waals surface area contributed by atoms with Crippen LogP contribution in [0.5, 0.6) is 0 Å². The summed E-state index contributed by atoms with van der Waals surface area (Å²) in [7, 11) is 1.31. The molecule has 1 aromatic carbocycles. The van der Waals surface area contributed by atoms with Crippen LogP contribution in [0, 0.1) is 5.92 Å². The van der Waals surface area contributed by atoms with Crippen molar-refractivity contribution >= 4 is 17.7 Å². The fraction of sp³-hybridized carbons (Fsp3) is 0.560. The van der Waals surface area contributed by atoms with Crippen LogP contribution in [-0.4, -0.2) is 61.2 Å². The molecular weight excluding hydrogens is 429 g/mol. The predicted molar refractivity (Wildman–Crippen MR) is 117 cm³/mol. The van der Waals surface area contributed by atoms with Gasteiger partial charge in [0.25, 0.3) is 5.91 Å². The third-order valence-corrected chi connectivity index (χ3v) is 6.52. The van der Waals surface area contributed by atoms with Gasteiger partial charge in [0.2, 0.25) is 0 Å². The molecule has 3 aliphatic rings. The van der Waals surface area contributed by atoms with Crippen LogP contribution in [0.3, 0.4) is 0 Å². The molecule has 0 N–H and O–H groups in total. The fourth-order valence-corrected chi connectivity index (χ4v) is 4.91. The van der Waals surface area contributed by atoms with E-state index in [2.05, 4.69) is 0 Å². The Balaban J connectivity index is 1.66. The van der Waals surface area contributed by atoms with Gasteiger partial charge < -0.3 is 19.1 Å². The van der Waals surface area contributed by atoms with Crippen LogP contribution < -0.4 is 0 Å². The van der Waals surface area contributed by atoms with Crippen molar-refractivity contribution in [1.82, 2.24) is 4.90 Å². The second kappa shape index (κ2) is 9.63. The summed E-state index contributed by atoms with van der Waals surface area (Å²) in [6.45, 7) is 4.74. The van der Waals surface area contributed by atoms with Crippen LogP contribution in [-0.2, 0) is 23.8 Å². The predicted octanol–water partition coefficient (Wildman–Crippen LogP) is 3.53. The van der Waals surface area contributed by atoms with Gasteiger partial charge in [0.15, 0.2) is 11.5 Å². The van der Waals surface area contributed by atoms with Gasteiger partial charge >= 0.3 is 5.97 Å². The van der Waals surface area contributed by atoms with Gasteiger partial charge in [-0.3, -0.25) is 9.59 Å². The summed E-state index contributed by atoms with van der Waals surface area (Å²) in [6, 6.07) is 6.01. The Morgan fingerprint density at radius 2 is 1.94 bits per heavy atom. The Morgan fingerprint density at radius 3 is 2.61 bits per heavy atom. The lowest BCUT2D eigenvalue weighted by atomic mass is 9.77. The molecule has 33 heavy (non-hydrogen) atoms. The van der Waals surface area contributed by atoms with E-state index < -0.39 is 30.2 Å². The molecule has 1 aromatic rings. The maximum Gasteiger partial charge on any atom is 0.337 e. The first-order chi connectivity index (χ1) is 15.8. The highest BCUT2D eigenvalue weighted by molar-refractivity contribution is 6.11. The lowest BCUT2D eigenvalue weighted by Gasteiger charge is -2.36. The highest BCUT2D eigenvalue weighted by Crippen LogP contribution is 2.47. The minimum absolute atomic E-state index is 0.0777. The number of halogens is 1. The Labute approximate surface area is 192 Å². The molecule has 4 atom stereocenters. The first kappa shape index (κ1) is 23.4. The van der Waals surface area contributed by atoms with E-state index in [1.165, 1.54) is 7.11 Å². The molecule has 0 aromatic heterocycles. The summed E-state index contributed by atoms with van der Waals surface area (Å²) in [5, 5.41) is 0. The van der Waals surface area contributed by atoms with Crippen molar-refractivity contribution < 1.29 is 33.0 Å². The molecule has 0 spiro atoms. The second-order valence-corrected chi connectivity index (χ2v) is 9.07. The molecule has 4 rings (SSSR count). The quantitative estimate of drug-likeness (QED) is 0.458. The molecule has 178 valence electrons. The largest absolute Gasteiger partial charge is 0.483 e. The van der Waals surface area contributed by atoms with Crippen molar-refractivity contribution in [2.75, 3.05) is 20.3 Å². The fourth-order valence-electron chi connectivity index (χ4n) is 4.91. The number of amides is 1. The zero-order chi connectivity index (χ0) is 23.7. The van der Waals surface area contributed by atoms with E-state index in [0.29, 0.717) is 49.1 Å². The summed E-state index contributed by atoms with van der Waals surface area (Å²) in [6.07, 6.45) is 0.0368. The number of rotatable bonds is 7. The average molecular weight is 460 g/mol. The summed E-state index contributed by atoms with van der Waals surface area (Å²) in [5.74, 6) is -1.50. The van der Waals surface area contributed by atoms with Crippen LogP contribution >= 0.6 is 0 Å². The number of fused-ring (bicyclic) bond motifs is 1. The van der Waals surface area contributed by atoms with Gasteiger partial charge in [-0.25, -0.2) is 9.18 Å². The molecule has 8 heteroatoms. The summed E-state index contributed by atoms with van der Waals surface area (Å²) in [5.41, 5.74) is 1.36. The van der Waals surface area contributed by atoms with Gasteiger partial charge in [0, 0.05) is 13.2 Å². The van der Waals surface area contributed by atoms with Gasteiger partial charge in [-0.1, -0.05) is 12.1 Å². The smallest absolute Gasteiger partial charge is 0.337 e. The first-order valence-electron chi connectivity index (χ1n) is 11.5. The topological polar surface area (TPSA) is 82.1 Å². The molecule has 1 amide bonds. The Morgan fingerprint density at radius 1 is 1.21 bits per heavy atom. The van der Waals surface area contributed by atoms with Crippen LogP contribution in [0.25, 0.3) is 0 Å².